The van der Waals surface area contributed by atoms with E-state index in [1.807, 2.05) is 0 Å². The van der Waals surface area contributed by atoms with Crippen molar-refractivity contribution in [3.05, 3.63) is 26.8 Å². The third-order valence-corrected chi connectivity index (χ3v) is 4.39. The van der Waals surface area contributed by atoms with Crippen LogP contribution in [0.25, 0.3) is 0 Å². The lowest BCUT2D eigenvalue weighted by molar-refractivity contribution is -0.138. The monoisotopic (exact) mass is 483 g/mol. The van der Waals surface area contributed by atoms with E-state index in [1.165, 1.54) is 6.07 Å². The predicted octanol–water partition coefficient (Wildman–Crippen LogP) is 4.20. The minimum absolute atomic E-state index is 0.129. The molecule has 1 N–H and O–H groups in total. The maximum absolute atomic E-state index is 12.9. The summed E-state index contributed by atoms with van der Waals surface area (Å²) in [6.45, 7) is 0. The minimum atomic E-state index is -4.51. The molecule has 0 radical (unpaired) electrons. The van der Waals surface area contributed by atoms with E-state index < -0.39 is 20.9 Å². The molecule has 1 aliphatic rings. The van der Waals surface area contributed by atoms with Crippen LogP contribution in [0, 0.1) is 3.57 Å². The van der Waals surface area contributed by atoms with Gasteiger partial charge >= 0.3 is 6.18 Å². The summed E-state index contributed by atoms with van der Waals surface area (Å²) in [6, 6.07) is 2.50. The molecule has 2 nitrogen and oxygen atoms in total. The van der Waals surface area contributed by atoms with Crippen LogP contribution in [0.4, 0.5) is 18.9 Å². The molecule has 0 saturated carbocycles. The first-order valence-electron chi connectivity index (χ1n) is 4.24. The van der Waals surface area contributed by atoms with E-state index in [0.717, 1.165) is 6.07 Å². The summed E-state index contributed by atoms with van der Waals surface area (Å²) in [7, 11) is 0. The molecule has 0 unspecified atom stereocenters. The Kier molecular flexibility index (Phi) is 3.27. The Balaban J connectivity index is 2.77. The van der Waals surface area contributed by atoms with Gasteiger partial charge in [0.2, 0.25) is 0 Å². The molecule has 8 heteroatoms. The highest BCUT2D eigenvalue weighted by molar-refractivity contribution is 14.1. The molecule has 2 rings (SSSR count). The second-order valence-electron chi connectivity index (χ2n) is 3.40. The van der Waals surface area contributed by atoms with E-state index in [4.69, 9.17) is 0 Å². The molecule has 1 aromatic rings. The summed E-state index contributed by atoms with van der Waals surface area (Å²) in [6.07, 6.45) is -4.51. The zero-order valence-electron chi connectivity index (χ0n) is 7.83. The normalized spacial score (nSPS) is 17.9. The molecular formula is C9H3Br2F3INO. The first-order valence-corrected chi connectivity index (χ1v) is 6.91. The van der Waals surface area contributed by atoms with Gasteiger partial charge in [-0.05, 0) is 34.7 Å². The van der Waals surface area contributed by atoms with Crippen LogP contribution in [0.2, 0.25) is 0 Å². The number of benzene rings is 1. The molecule has 1 aromatic carbocycles. The summed E-state index contributed by atoms with van der Waals surface area (Å²) in [5.41, 5.74) is -0.787. The first kappa shape index (κ1) is 13.6. The van der Waals surface area contributed by atoms with Crippen LogP contribution < -0.4 is 5.32 Å². The summed E-state index contributed by atoms with van der Waals surface area (Å²) in [5.74, 6) is -0.569. The molecule has 0 aliphatic carbocycles. The van der Waals surface area contributed by atoms with Crippen molar-refractivity contribution in [2.24, 2.45) is 0 Å². The fraction of sp³-hybridized carbons (Fsp3) is 0.222. The topological polar surface area (TPSA) is 29.1 Å². The smallest absolute Gasteiger partial charge is 0.323 e. The minimum Gasteiger partial charge on any atom is -0.323 e. The van der Waals surface area contributed by atoms with Gasteiger partial charge in [0.1, 0.15) is 0 Å². The van der Waals surface area contributed by atoms with Crippen LogP contribution in [0.15, 0.2) is 12.1 Å². The van der Waals surface area contributed by atoms with E-state index >= 15 is 0 Å². The molecule has 0 spiro atoms. The molecule has 1 amide bonds. The van der Waals surface area contributed by atoms with E-state index in [2.05, 4.69) is 37.2 Å². The third kappa shape index (κ3) is 2.23. The van der Waals surface area contributed by atoms with Crippen molar-refractivity contribution in [3.8, 4) is 0 Å². The van der Waals surface area contributed by atoms with Gasteiger partial charge in [-0.1, -0.05) is 31.9 Å². The molecular weight excluding hydrogens is 482 g/mol. The number of anilines is 1. The average Bonchev–Trinajstić information content (AvgIpc) is 2.35. The van der Waals surface area contributed by atoms with Crippen molar-refractivity contribution in [3.63, 3.8) is 0 Å². The maximum Gasteiger partial charge on any atom is 0.416 e. The standard InChI is InChI=1S/C9H3Br2F3INO/c10-8(11)6-4(9(12,13)14)1-3(15)2-5(6)16-7(8)17/h1-2H,(H,16,17). The van der Waals surface area contributed by atoms with E-state index in [9.17, 15) is 18.0 Å². The fourth-order valence-electron chi connectivity index (χ4n) is 1.58. The van der Waals surface area contributed by atoms with Gasteiger partial charge in [0.15, 0.2) is 3.23 Å². The van der Waals surface area contributed by atoms with Gasteiger partial charge in [0.25, 0.3) is 5.91 Å². The van der Waals surface area contributed by atoms with Gasteiger partial charge in [-0.25, -0.2) is 0 Å². The van der Waals surface area contributed by atoms with Gasteiger partial charge in [-0.3, -0.25) is 4.79 Å². The summed E-state index contributed by atoms with van der Waals surface area (Å²) < 4.78 is 37.6. The van der Waals surface area contributed by atoms with Crippen LogP contribution >= 0.6 is 54.5 Å². The summed E-state index contributed by atoms with van der Waals surface area (Å²) >= 11 is 7.73. The van der Waals surface area contributed by atoms with Crippen molar-refractivity contribution in [1.29, 1.82) is 0 Å². The number of halogens is 6. The highest BCUT2D eigenvalue weighted by atomic mass is 127. The third-order valence-electron chi connectivity index (χ3n) is 2.26. The molecule has 0 bridgehead atoms. The molecule has 0 aromatic heterocycles. The summed E-state index contributed by atoms with van der Waals surface area (Å²) in [5, 5.41) is 2.40. The lowest BCUT2D eigenvalue weighted by atomic mass is 10.0. The Labute approximate surface area is 125 Å². The van der Waals surface area contributed by atoms with Crippen molar-refractivity contribution < 1.29 is 18.0 Å². The Bertz CT molecular complexity index is 516. The van der Waals surface area contributed by atoms with Gasteiger partial charge < -0.3 is 5.32 Å². The van der Waals surface area contributed by atoms with Crippen LogP contribution in [0.3, 0.4) is 0 Å². The SMILES string of the molecule is O=C1Nc2cc(I)cc(C(F)(F)F)c2C1(Br)Br. The zero-order chi connectivity index (χ0) is 13.0. The fourth-order valence-corrected chi connectivity index (χ4v) is 3.26. The van der Waals surface area contributed by atoms with Crippen LogP contribution in [0.5, 0.6) is 0 Å². The Morgan fingerprint density at radius 2 is 1.88 bits per heavy atom. The van der Waals surface area contributed by atoms with Crippen molar-refractivity contribution in [1.82, 2.24) is 0 Å². The van der Waals surface area contributed by atoms with Crippen molar-refractivity contribution in [2.45, 2.75) is 9.41 Å². The number of hydrogen-bond donors (Lipinski definition) is 1. The molecule has 0 atom stereocenters. The van der Waals surface area contributed by atoms with E-state index in [1.54, 1.807) is 22.6 Å². The lowest BCUT2D eigenvalue weighted by Gasteiger charge is -2.17. The highest BCUT2D eigenvalue weighted by Crippen LogP contribution is 2.52. The molecule has 17 heavy (non-hydrogen) atoms. The molecule has 1 aliphatic heterocycles. The van der Waals surface area contributed by atoms with Crippen molar-refractivity contribution in [2.75, 3.05) is 5.32 Å². The molecule has 92 valence electrons. The number of nitrogens with one attached hydrogen (secondary N) is 1. The highest BCUT2D eigenvalue weighted by Gasteiger charge is 2.49. The number of hydrogen-bond acceptors (Lipinski definition) is 1. The van der Waals surface area contributed by atoms with Crippen LogP contribution in [-0.4, -0.2) is 5.91 Å². The van der Waals surface area contributed by atoms with E-state index in [-0.39, 0.29) is 11.3 Å². The lowest BCUT2D eigenvalue weighted by Crippen LogP contribution is -2.22. The summed E-state index contributed by atoms with van der Waals surface area (Å²) in [4.78, 5) is 11.6. The molecule has 0 fully saturated rings. The number of carbonyl (C=O) groups is 1. The van der Waals surface area contributed by atoms with E-state index in [0.29, 0.717) is 3.57 Å². The number of rotatable bonds is 0. The quantitative estimate of drug-likeness (QED) is 0.434. The van der Waals surface area contributed by atoms with Gasteiger partial charge in [0.05, 0.1) is 5.56 Å². The Hall–Kier alpha value is 0.170. The average molecular weight is 485 g/mol. The Morgan fingerprint density at radius 3 is 2.41 bits per heavy atom. The molecule has 1 heterocycles. The van der Waals surface area contributed by atoms with Crippen LogP contribution in [-0.2, 0) is 14.2 Å². The zero-order valence-corrected chi connectivity index (χ0v) is 13.2. The van der Waals surface area contributed by atoms with Gasteiger partial charge in [-0.2, -0.15) is 13.2 Å². The van der Waals surface area contributed by atoms with Crippen LogP contribution in [0.1, 0.15) is 11.1 Å². The maximum atomic E-state index is 12.9. The first-order chi connectivity index (χ1) is 7.64. The second-order valence-corrected chi connectivity index (χ2v) is 8.09. The van der Waals surface area contributed by atoms with Gasteiger partial charge in [-0.15, -0.1) is 0 Å². The number of amides is 1. The van der Waals surface area contributed by atoms with Gasteiger partial charge in [0, 0.05) is 14.8 Å². The largest absolute Gasteiger partial charge is 0.416 e. The van der Waals surface area contributed by atoms with Crippen molar-refractivity contribution >= 4 is 66.0 Å². The number of carbonyl (C=O) groups excluding carboxylic acids is 1. The number of fused-ring (bicyclic) bond motifs is 1. The second kappa shape index (κ2) is 4.09. The predicted molar refractivity (Wildman–Crippen MR) is 72.3 cm³/mol. The Morgan fingerprint density at radius 1 is 1.29 bits per heavy atom. The number of alkyl halides is 5. The molecule has 0 saturated heterocycles.